The molecule has 0 aromatic heterocycles. The molecule has 20 heavy (non-hydrogen) atoms. The zero-order valence-electron chi connectivity index (χ0n) is 11.9. The van der Waals surface area contributed by atoms with Gasteiger partial charge in [0, 0.05) is 18.4 Å². The highest BCUT2D eigenvalue weighted by Crippen LogP contribution is 2.42. The lowest BCUT2D eigenvalue weighted by Gasteiger charge is -2.42. The monoisotopic (exact) mass is 274 g/mol. The summed E-state index contributed by atoms with van der Waals surface area (Å²) in [5.74, 6) is -0.212. The third-order valence-corrected chi connectivity index (χ3v) is 4.09. The molecule has 1 aliphatic rings. The van der Waals surface area contributed by atoms with Crippen molar-refractivity contribution in [3.05, 3.63) is 35.9 Å². The topological polar surface area (TPSA) is 58.2 Å². The van der Waals surface area contributed by atoms with Gasteiger partial charge in [-0.3, -0.25) is 9.59 Å². The van der Waals surface area contributed by atoms with Gasteiger partial charge in [0.05, 0.1) is 6.54 Å². The van der Waals surface area contributed by atoms with Gasteiger partial charge in [-0.1, -0.05) is 43.7 Å². The maximum Gasteiger partial charge on any atom is 0.239 e. The molecule has 0 unspecified atom stereocenters. The van der Waals surface area contributed by atoms with Crippen molar-refractivity contribution in [1.29, 1.82) is 0 Å². The average Bonchev–Trinajstić information content (AvgIpc) is 2.44. The van der Waals surface area contributed by atoms with Crippen molar-refractivity contribution in [2.45, 2.75) is 38.0 Å². The maximum absolute atomic E-state index is 11.8. The maximum atomic E-state index is 11.8. The van der Waals surface area contributed by atoms with Crippen LogP contribution < -0.4 is 10.6 Å². The first-order valence-electron chi connectivity index (χ1n) is 7.25. The standard InChI is InChI=1S/C16H22N2O2/c1-2-14(19)17-11-15(20)18-12-16(9-6-10-16)13-7-4-3-5-8-13/h3-5,7-8H,2,6,9-12H2,1H3,(H,17,19)(H,18,20). The van der Waals surface area contributed by atoms with Crippen molar-refractivity contribution in [2.24, 2.45) is 0 Å². The molecule has 1 fully saturated rings. The minimum absolute atomic E-state index is 0.0670. The number of carbonyl (C=O) groups is 2. The Morgan fingerprint density at radius 1 is 1.10 bits per heavy atom. The quantitative estimate of drug-likeness (QED) is 0.830. The van der Waals surface area contributed by atoms with Crippen molar-refractivity contribution in [3.8, 4) is 0 Å². The molecule has 1 aliphatic carbocycles. The highest BCUT2D eigenvalue weighted by Gasteiger charge is 2.38. The Kier molecular flexibility index (Phi) is 4.77. The molecule has 2 rings (SSSR count). The van der Waals surface area contributed by atoms with Gasteiger partial charge in [-0.05, 0) is 18.4 Å². The second-order valence-electron chi connectivity index (χ2n) is 5.41. The van der Waals surface area contributed by atoms with Crippen LogP contribution in [0.15, 0.2) is 30.3 Å². The van der Waals surface area contributed by atoms with Crippen molar-refractivity contribution in [2.75, 3.05) is 13.1 Å². The van der Waals surface area contributed by atoms with E-state index in [0.29, 0.717) is 13.0 Å². The number of hydrogen-bond donors (Lipinski definition) is 2. The lowest BCUT2D eigenvalue weighted by molar-refractivity contribution is -0.126. The Labute approximate surface area is 119 Å². The minimum Gasteiger partial charge on any atom is -0.354 e. The number of rotatable bonds is 6. The summed E-state index contributed by atoms with van der Waals surface area (Å²) in [5, 5.41) is 5.54. The van der Waals surface area contributed by atoms with E-state index in [0.717, 1.165) is 12.8 Å². The molecular formula is C16H22N2O2. The molecule has 0 saturated heterocycles. The summed E-state index contributed by atoms with van der Waals surface area (Å²) in [5.41, 5.74) is 1.38. The highest BCUT2D eigenvalue weighted by atomic mass is 16.2. The summed E-state index contributed by atoms with van der Waals surface area (Å²) < 4.78 is 0. The van der Waals surface area contributed by atoms with E-state index in [-0.39, 0.29) is 23.8 Å². The molecule has 1 saturated carbocycles. The molecule has 0 radical (unpaired) electrons. The van der Waals surface area contributed by atoms with Crippen molar-refractivity contribution >= 4 is 11.8 Å². The Balaban J connectivity index is 1.85. The van der Waals surface area contributed by atoms with E-state index in [2.05, 4.69) is 22.8 Å². The summed E-state index contributed by atoms with van der Waals surface area (Å²) >= 11 is 0. The normalized spacial score (nSPS) is 16.1. The summed E-state index contributed by atoms with van der Waals surface area (Å²) in [6, 6.07) is 10.3. The summed E-state index contributed by atoms with van der Waals surface area (Å²) in [7, 11) is 0. The fraction of sp³-hybridized carbons (Fsp3) is 0.500. The van der Waals surface area contributed by atoms with Gasteiger partial charge in [-0.15, -0.1) is 0 Å². The number of amides is 2. The largest absolute Gasteiger partial charge is 0.354 e. The van der Waals surface area contributed by atoms with Crippen LogP contribution in [0.4, 0.5) is 0 Å². The van der Waals surface area contributed by atoms with Crippen molar-refractivity contribution in [3.63, 3.8) is 0 Å². The lowest BCUT2D eigenvalue weighted by atomic mass is 9.64. The van der Waals surface area contributed by atoms with E-state index in [1.54, 1.807) is 6.92 Å². The van der Waals surface area contributed by atoms with Crippen LogP contribution in [0.2, 0.25) is 0 Å². The van der Waals surface area contributed by atoms with Gasteiger partial charge in [0.2, 0.25) is 11.8 Å². The first kappa shape index (κ1) is 14.6. The van der Waals surface area contributed by atoms with Crippen LogP contribution in [0.3, 0.4) is 0 Å². The summed E-state index contributed by atoms with van der Waals surface area (Å²) in [6.45, 7) is 2.49. The first-order valence-corrected chi connectivity index (χ1v) is 7.25. The molecule has 0 bridgehead atoms. The van der Waals surface area contributed by atoms with Gasteiger partial charge < -0.3 is 10.6 Å². The zero-order valence-corrected chi connectivity index (χ0v) is 11.9. The predicted molar refractivity (Wildman–Crippen MR) is 78.3 cm³/mol. The number of nitrogens with one attached hydrogen (secondary N) is 2. The third kappa shape index (κ3) is 3.38. The second-order valence-corrected chi connectivity index (χ2v) is 5.41. The van der Waals surface area contributed by atoms with Crippen LogP contribution >= 0.6 is 0 Å². The average molecular weight is 274 g/mol. The highest BCUT2D eigenvalue weighted by molar-refractivity contribution is 5.84. The molecule has 1 aromatic carbocycles. The van der Waals surface area contributed by atoms with Crippen LogP contribution in [0, 0.1) is 0 Å². The minimum atomic E-state index is -0.117. The van der Waals surface area contributed by atoms with Crippen molar-refractivity contribution < 1.29 is 9.59 Å². The summed E-state index contributed by atoms with van der Waals surface area (Å²) in [4.78, 5) is 22.9. The van der Waals surface area contributed by atoms with E-state index >= 15 is 0 Å². The van der Waals surface area contributed by atoms with E-state index < -0.39 is 0 Å². The van der Waals surface area contributed by atoms with Gasteiger partial charge in [0.15, 0.2) is 0 Å². The van der Waals surface area contributed by atoms with E-state index in [1.165, 1.54) is 12.0 Å². The fourth-order valence-corrected chi connectivity index (χ4v) is 2.60. The van der Waals surface area contributed by atoms with Crippen LogP contribution in [-0.2, 0) is 15.0 Å². The van der Waals surface area contributed by atoms with Gasteiger partial charge >= 0.3 is 0 Å². The smallest absolute Gasteiger partial charge is 0.239 e. The molecule has 4 nitrogen and oxygen atoms in total. The lowest BCUT2D eigenvalue weighted by Crippen LogP contribution is -2.47. The SMILES string of the molecule is CCC(=O)NCC(=O)NCC1(c2ccccc2)CCC1. The Hall–Kier alpha value is -1.84. The molecule has 108 valence electrons. The molecule has 4 heteroatoms. The number of carbonyl (C=O) groups excluding carboxylic acids is 2. The fourth-order valence-electron chi connectivity index (χ4n) is 2.60. The van der Waals surface area contributed by atoms with Crippen LogP contribution in [-0.4, -0.2) is 24.9 Å². The molecule has 0 heterocycles. The van der Waals surface area contributed by atoms with Crippen molar-refractivity contribution in [1.82, 2.24) is 10.6 Å². The van der Waals surface area contributed by atoms with E-state index in [9.17, 15) is 9.59 Å². The van der Waals surface area contributed by atoms with E-state index in [4.69, 9.17) is 0 Å². The van der Waals surface area contributed by atoms with Crippen LogP contribution in [0.5, 0.6) is 0 Å². The van der Waals surface area contributed by atoms with Gasteiger partial charge in [-0.25, -0.2) is 0 Å². The summed E-state index contributed by atoms with van der Waals surface area (Å²) in [6.07, 6.45) is 3.83. The van der Waals surface area contributed by atoms with Crippen LogP contribution in [0.1, 0.15) is 38.2 Å². The first-order chi connectivity index (χ1) is 9.66. The molecule has 0 spiro atoms. The molecule has 1 aromatic rings. The van der Waals surface area contributed by atoms with Crippen LogP contribution in [0.25, 0.3) is 0 Å². The molecule has 0 atom stereocenters. The third-order valence-electron chi connectivity index (χ3n) is 4.09. The predicted octanol–water partition coefficient (Wildman–Crippen LogP) is 1.75. The number of hydrogen-bond acceptors (Lipinski definition) is 2. The molecular weight excluding hydrogens is 252 g/mol. The van der Waals surface area contributed by atoms with Gasteiger partial charge in [0.25, 0.3) is 0 Å². The Morgan fingerprint density at radius 3 is 2.35 bits per heavy atom. The molecule has 2 N–H and O–H groups in total. The molecule has 0 aliphatic heterocycles. The van der Waals surface area contributed by atoms with Gasteiger partial charge in [-0.2, -0.15) is 0 Å². The number of benzene rings is 1. The second kappa shape index (κ2) is 6.55. The zero-order chi connectivity index (χ0) is 14.4. The Morgan fingerprint density at radius 2 is 1.80 bits per heavy atom. The molecule has 2 amide bonds. The van der Waals surface area contributed by atoms with Gasteiger partial charge in [0.1, 0.15) is 0 Å². The van der Waals surface area contributed by atoms with E-state index in [1.807, 2.05) is 18.2 Å². The Bertz CT molecular complexity index is 467.